The number of nitrogens with one attached hydrogen (secondary N) is 2. The predicted molar refractivity (Wildman–Crippen MR) is 86.7 cm³/mol. The van der Waals surface area contributed by atoms with Crippen LogP contribution in [0.1, 0.15) is 35.9 Å². The summed E-state index contributed by atoms with van der Waals surface area (Å²) in [4.78, 5) is 15.8. The van der Waals surface area contributed by atoms with E-state index in [4.69, 9.17) is 0 Å². The number of amides is 1. The molecule has 2 atom stereocenters. The quantitative estimate of drug-likeness (QED) is 0.765. The largest absolute Gasteiger partial charge is 0.386 e. The van der Waals surface area contributed by atoms with Gasteiger partial charge in [-0.05, 0) is 43.7 Å². The van der Waals surface area contributed by atoms with Gasteiger partial charge in [0.15, 0.2) is 0 Å². The number of rotatable bonds is 6. The van der Waals surface area contributed by atoms with Gasteiger partial charge in [-0.25, -0.2) is 9.37 Å². The van der Waals surface area contributed by atoms with E-state index in [0.29, 0.717) is 23.5 Å². The van der Waals surface area contributed by atoms with Crippen LogP contribution in [0.5, 0.6) is 0 Å². The van der Waals surface area contributed by atoms with E-state index in [2.05, 4.69) is 15.6 Å². The Balaban J connectivity index is 2.00. The Morgan fingerprint density at radius 1 is 1.26 bits per heavy atom. The van der Waals surface area contributed by atoms with E-state index < -0.39 is 6.10 Å². The third-order valence-corrected chi connectivity index (χ3v) is 3.42. The molecular weight excluding hydrogens is 297 g/mol. The molecule has 0 saturated heterocycles. The molecular formula is C17H20FN3O2. The van der Waals surface area contributed by atoms with Gasteiger partial charge in [-0.1, -0.05) is 12.1 Å². The SMILES string of the molecule is CCNC(=O)c1ccc(N[C@H](C)[C@H](O)c2ccc(F)cc2)nc1. The lowest BCUT2D eigenvalue weighted by Crippen LogP contribution is -2.25. The molecule has 0 bridgehead atoms. The first-order valence-electron chi connectivity index (χ1n) is 7.45. The predicted octanol–water partition coefficient (Wildman–Crippen LogP) is 2.50. The summed E-state index contributed by atoms with van der Waals surface area (Å²) in [6.45, 7) is 4.20. The normalized spacial score (nSPS) is 13.2. The molecule has 2 aromatic rings. The van der Waals surface area contributed by atoms with E-state index in [1.165, 1.54) is 18.3 Å². The maximum atomic E-state index is 12.9. The third-order valence-electron chi connectivity index (χ3n) is 3.42. The lowest BCUT2D eigenvalue weighted by molar-refractivity contribution is 0.0955. The molecule has 0 spiro atoms. The zero-order valence-electron chi connectivity index (χ0n) is 13.1. The van der Waals surface area contributed by atoms with E-state index in [1.54, 1.807) is 31.2 Å². The highest BCUT2D eigenvalue weighted by Crippen LogP contribution is 2.20. The number of pyridine rings is 1. The van der Waals surface area contributed by atoms with Crippen LogP contribution in [0.3, 0.4) is 0 Å². The summed E-state index contributed by atoms with van der Waals surface area (Å²) in [6, 6.07) is 8.72. The molecule has 0 aliphatic rings. The van der Waals surface area contributed by atoms with Gasteiger partial charge in [-0.3, -0.25) is 4.79 Å². The van der Waals surface area contributed by atoms with Gasteiger partial charge in [-0.2, -0.15) is 0 Å². The molecule has 1 heterocycles. The number of carbonyl (C=O) groups is 1. The zero-order chi connectivity index (χ0) is 16.8. The molecule has 6 heteroatoms. The Labute approximate surface area is 134 Å². The molecule has 1 aromatic carbocycles. The molecule has 0 aliphatic heterocycles. The summed E-state index contributed by atoms with van der Waals surface area (Å²) in [5.41, 5.74) is 1.09. The minimum absolute atomic E-state index is 0.175. The minimum Gasteiger partial charge on any atom is -0.386 e. The smallest absolute Gasteiger partial charge is 0.252 e. The highest BCUT2D eigenvalue weighted by molar-refractivity contribution is 5.93. The number of halogens is 1. The molecule has 2 rings (SSSR count). The van der Waals surface area contributed by atoms with Crippen molar-refractivity contribution in [3.63, 3.8) is 0 Å². The van der Waals surface area contributed by atoms with Gasteiger partial charge < -0.3 is 15.7 Å². The molecule has 122 valence electrons. The lowest BCUT2D eigenvalue weighted by atomic mass is 10.0. The van der Waals surface area contributed by atoms with Crippen molar-refractivity contribution in [2.24, 2.45) is 0 Å². The topological polar surface area (TPSA) is 74.2 Å². The highest BCUT2D eigenvalue weighted by Gasteiger charge is 2.17. The number of benzene rings is 1. The van der Waals surface area contributed by atoms with E-state index in [9.17, 15) is 14.3 Å². The van der Waals surface area contributed by atoms with Gasteiger partial charge in [0.1, 0.15) is 11.6 Å². The molecule has 3 N–H and O–H groups in total. The summed E-state index contributed by atoms with van der Waals surface area (Å²) in [5, 5.41) is 16.0. The van der Waals surface area contributed by atoms with Gasteiger partial charge in [0, 0.05) is 12.7 Å². The van der Waals surface area contributed by atoms with Crippen LogP contribution < -0.4 is 10.6 Å². The molecule has 0 aliphatic carbocycles. The molecule has 0 unspecified atom stereocenters. The number of aliphatic hydroxyl groups is 1. The molecule has 1 aromatic heterocycles. The number of anilines is 1. The minimum atomic E-state index is -0.805. The van der Waals surface area contributed by atoms with Crippen LogP contribution in [0.15, 0.2) is 42.6 Å². The first-order valence-corrected chi connectivity index (χ1v) is 7.45. The van der Waals surface area contributed by atoms with E-state index in [1.807, 2.05) is 6.92 Å². The number of carbonyl (C=O) groups excluding carboxylic acids is 1. The lowest BCUT2D eigenvalue weighted by Gasteiger charge is -2.21. The fraction of sp³-hybridized carbons (Fsp3) is 0.294. The van der Waals surface area contributed by atoms with Gasteiger partial charge in [0.25, 0.3) is 5.91 Å². The average Bonchev–Trinajstić information content (AvgIpc) is 2.55. The maximum absolute atomic E-state index is 12.9. The van der Waals surface area contributed by atoms with Crippen molar-refractivity contribution in [3.8, 4) is 0 Å². The molecule has 0 saturated carbocycles. The monoisotopic (exact) mass is 317 g/mol. The van der Waals surface area contributed by atoms with Crippen molar-refractivity contribution >= 4 is 11.7 Å². The zero-order valence-corrected chi connectivity index (χ0v) is 13.1. The number of hydrogen-bond donors (Lipinski definition) is 3. The van der Waals surface area contributed by atoms with Crippen molar-refractivity contribution in [1.29, 1.82) is 0 Å². The Hall–Kier alpha value is -2.47. The van der Waals surface area contributed by atoms with Gasteiger partial charge in [-0.15, -0.1) is 0 Å². The Morgan fingerprint density at radius 2 is 1.96 bits per heavy atom. The molecule has 23 heavy (non-hydrogen) atoms. The number of hydrogen-bond acceptors (Lipinski definition) is 4. The second-order valence-corrected chi connectivity index (χ2v) is 5.22. The summed E-state index contributed by atoms with van der Waals surface area (Å²) >= 11 is 0. The van der Waals surface area contributed by atoms with Crippen molar-refractivity contribution < 1.29 is 14.3 Å². The second kappa shape index (κ2) is 7.69. The van der Waals surface area contributed by atoms with E-state index in [-0.39, 0.29) is 17.8 Å². The van der Waals surface area contributed by atoms with Crippen LogP contribution in [0.25, 0.3) is 0 Å². The summed E-state index contributed by atoms with van der Waals surface area (Å²) in [6.07, 6.45) is 0.671. The van der Waals surface area contributed by atoms with Crippen molar-refractivity contribution in [3.05, 3.63) is 59.5 Å². The van der Waals surface area contributed by atoms with Crippen molar-refractivity contribution in [2.45, 2.75) is 26.0 Å². The van der Waals surface area contributed by atoms with Gasteiger partial charge >= 0.3 is 0 Å². The Morgan fingerprint density at radius 3 is 2.52 bits per heavy atom. The Bertz CT molecular complexity index is 644. The number of nitrogens with zero attached hydrogens (tertiary/aromatic N) is 1. The fourth-order valence-corrected chi connectivity index (χ4v) is 2.14. The highest BCUT2D eigenvalue weighted by atomic mass is 19.1. The average molecular weight is 317 g/mol. The van der Waals surface area contributed by atoms with Gasteiger partial charge in [0.05, 0.1) is 17.7 Å². The molecule has 1 amide bonds. The number of aliphatic hydroxyl groups excluding tert-OH is 1. The van der Waals surface area contributed by atoms with Crippen molar-refractivity contribution in [2.75, 3.05) is 11.9 Å². The summed E-state index contributed by atoms with van der Waals surface area (Å²) < 4.78 is 12.9. The molecule has 5 nitrogen and oxygen atoms in total. The Kier molecular flexibility index (Phi) is 5.65. The van der Waals surface area contributed by atoms with Crippen molar-refractivity contribution in [1.82, 2.24) is 10.3 Å². The fourth-order valence-electron chi connectivity index (χ4n) is 2.14. The van der Waals surface area contributed by atoms with Crippen LogP contribution in [0.4, 0.5) is 10.2 Å². The van der Waals surface area contributed by atoms with Crippen LogP contribution in [0, 0.1) is 5.82 Å². The second-order valence-electron chi connectivity index (χ2n) is 5.22. The molecule has 0 fully saturated rings. The van der Waals surface area contributed by atoms with Gasteiger partial charge in [0.2, 0.25) is 0 Å². The first kappa shape index (κ1) is 16.9. The summed E-state index contributed by atoms with van der Waals surface area (Å²) in [5.74, 6) is 0.0295. The molecule has 0 radical (unpaired) electrons. The number of aromatic nitrogens is 1. The maximum Gasteiger partial charge on any atom is 0.252 e. The van der Waals surface area contributed by atoms with Crippen LogP contribution >= 0.6 is 0 Å². The first-order chi connectivity index (χ1) is 11.0. The van der Waals surface area contributed by atoms with E-state index in [0.717, 1.165) is 0 Å². The standard InChI is InChI=1S/C17H20FN3O2/c1-3-19-17(23)13-6-9-15(20-10-13)21-11(2)16(22)12-4-7-14(18)8-5-12/h4-11,16,22H,3H2,1-2H3,(H,19,23)(H,20,21)/t11-,16+/m1/s1. The van der Waals surface area contributed by atoms with Crippen LogP contribution in [-0.4, -0.2) is 28.6 Å². The van der Waals surface area contributed by atoms with Crippen LogP contribution in [0.2, 0.25) is 0 Å². The third kappa shape index (κ3) is 4.50. The van der Waals surface area contributed by atoms with E-state index >= 15 is 0 Å². The summed E-state index contributed by atoms with van der Waals surface area (Å²) in [7, 11) is 0. The van der Waals surface area contributed by atoms with Crippen LogP contribution in [-0.2, 0) is 0 Å².